The van der Waals surface area contributed by atoms with Crippen molar-refractivity contribution in [2.45, 2.75) is 51.1 Å². The number of anilines is 1. The van der Waals surface area contributed by atoms with Gasteiger partial charge < -0.3 is 10.6 Å². The summed E-state index contributed by atoms with van der Waals surface area (Å²) in [4.78, 5) is 11.9. The minimum atomic E-state index is 0.0556. The normalized spacial score (nSPS) is 19.8. The van der Waals surface area contributed by atoms with Crippen molar-refractivity contribution in [2.24, 2.45) is 5.92 Å². The van der Waals surface area contributed by atoms with E-state index in [9.17, 15) is 4.79 Å². The van der Waals surface area contributed by atoms with Gasteiger partial charge in [0.15, 0.2) is 0 Å². The SMILES string of the molecule is CC(CC1CC1)Nc1ccc(C(=O)NC2CC2)cc1. The third-order valence-corrected chi connectivity index (χ3v) is 3.86. The maximum atomic E-state index is 11.9. The van der Waals surface area contributed by atoms with E-state index in [1.807, 2.05) is 24.3 Å². The summed E-state index contributed by atoms with van der Waals surface area (Å²) in [5.41, 5.74) is 1.86. The highest BCUT2D eigenvalue weighted by molar-refractivity contribution is 5.94. The van der Waals surface area contributed by atoms with Gasteiger partial charge in [0.05, 0.1) is 0 Å². The van der Waals surface area contributed by atoms with Crippen LogP contribution in [-0.2, 0) is 0 Å². The summed E-state index contributed by atoms with van der Waals surface area (Å²) >= 11 is 0. The molecule has 0 spiro atoms. The topological polar surface area (TPSA) is 41.1 Å². The van der Waals surface area contributed by atoms with E-state index in [0.717, 1.165) is 30.0 Å². The van der Waals surface area contributed by atoms with E-state index < -0.39 is 0 Å². The molecule has 0 heterocycles. The lowest BCUT2D eigenvalue weighted by Gasteiger charge is -2.15. The van der Waals surface area contributed by atoms with E-state index in [4.69, 9.17) is 0 Å². The molecule has 102 valence electrons. The van der Waals surface area contributed by atoms with E-state index in [1.54, 1.807) is 0 Å². The lowest BCUT2D eigenvalue weighted by Crippen LogP contribution is -2.25. The van der Waals surface area contributed by atoms with Gasteiger partial charge in [0.25, 0.3) is 5.91 Å². The Morgan fingerprint density at radius 3 is 2.47 bits per heavy atom. The van der Waals surface area contributed by atoms with Gasteiger partial charge in [-0.3, -0.25) is 4.79 Å². The van der Waals surface area contributed by atoms with Gasteiger partial charge >= 0.3 is 0 Å². The number of rotatable bonds is 6. The zero-order chi connectivity index (χ0) is 13.2. The van der Waals surface area contributed by atoms with Crippen molar-refractivity contribution in [2.75, 3.05) is 5.32 Å². The van der Waals surface area contributed by atoms with Gasteiger partial charge in [-0.05, 0) is 56.4 Å². The number of amides is 1. The van der Waals surface area contributed by atoms with E-state index in [-0.39, 0.29) is 5.91 Å². The summed E-state index contributed by atoms with van der Waals surface area (Å²) in [6.45, 7) is 2.23. The minimum Gasteiger partial charge on any atom is -0.383 e. The molecular weight excluding hydrogens is 236 g/mol. The van der Waals surface area contributed by atoms with Crippen molar-refractivity contribution in [1.29, 1.82) is 0 Å². The molecule has 2 fully saturated rings. The molecule has 0 bridgehead atoms. The summed E-state index contributed by atoms with van der Waals surface area (Å²) in [5.74, 6) is 0.992. The number of hydrogen-bond donors (Lipinski definition) is 2. The van der Waals surface area contributed by atoms with Crippen LogP contribution in [0.15, 0.2) is 24.3 Å². The predicted molar refractivity (Wildman–Crippen MR) is 77.4 cm³/mol. The molecule has 3 rings (SSSR count). The van der Waals surface area contributed by atoms with Crippen LogP contribution in [-0.4, -0.2) is 18.0 Å². The molecule has 3 nitrogen and oxygen atoms in total. The van der Waals surface area contributed by atoms with Crippen molar-refractivity contribution in [3.8, 4) is 0 Å². The number of carbonyl (C=O) groups excluding carboxylic acids is 1. The Labute approximate surface area is 114 Å². The van der Waals surface area contributed by atoms with Crippen LogP contribution in [0.2, 0.25) is 0 Å². The van der Waals surface area contributed by atoms with Gasteiger partial charge in [-0.25, -0.2) is 0 Å². The van der Waals surface area contributed by atoms with E-state index in [1.165, 1.54) is 19.3 Å². The van der Waals surface area contributed by atoms with Crippen LogP contribution in [0.1, 0.15) is 49.4 Å². The molecule has 0 saturated heterocycles. The Kier molecular flexibility index (Phi) is 3.45. The van der Waals surface area contributed by atoms with Gasteiger partial charge in [0.1, 0.15) is 0 Å². The Bertz CT molecular complexity index is 446. The molecule has 0 aromatic heterocycles. The maximum absolute atomic E-state index is 11.9. The second kappa shape index (κ2) is 5.24. The van der Waals surface area contributed by atoms with Crippen LogP contribution in [0.5, 0.6) is 0 Å². The Morgan fingerprint density at radius 2 is 1.89 bits per heavy atom. The second-order valence-electron chi connectivity index (χ2n) is 6.05. The highest BCUT2D eigenvalue weighted by Crippen LogP contribution is 2.34. The fourth-order valence-electron chi connectivity index (χ4n) is 2.41. The summed E-state index contributed by atoms with van der Waals surface area (Å²) in [7, 11) is 0. The lowest BCUT2D eigenvalue weighted by atomic mass is 10.1. The first kappa shape index (κ1) is 12.5. The fourth-order valence-corrected chi connectivity index (χ4v) is 2.41. The molecule has 0 radical (unpaired) electrons. The van der Waals surface area contributed by atoms with Gasteiger partial charge in [0.2, 0.25) is 0 Å². The van der Waals surface area contributed by atoms with Crippen molar-refractivity contribution in [3.05, 3.63) is 29.8 Å². The van der Waals surface area contributed by atoms with Crippen LogP contribution in [0.25, 0.3) is 0 Å². The molecule has 1 unspecified atom stereocenters. The predicted octanol–water partition coefficient (Wildman–Crippen LogP) is 3.18. The van der Waals surface area contributed by atoms with Crippen LogP contribution < -0.4 is 10.6 Å². The molecule has 1 amide bonds. The Morgan fingerprint density at radius 1 is 1.21 bits per heavy atom. The quantitative estimate of drug-likeness (QED) is 0.823. The number of carbonyl (C=O) groups is 1. The minimum absolute atomic E-state index is 0.0556. The first-order valence-electron chi connectivity index (χ1n) is 7.38. The zero-order valence-electron chi connectivity index (χ0n) is 11.5. The van der Waals surface area contributed by atoms with Crippen LogP contribution in [0.3, 0.4) is 0 Å². The Balaban J connectivity index is 1.53. The molecule has 2 saturated carbocycles. The van der Waals surface area contributed by atoms with Crippen molar-refractivity contribution >= 4 is 11.6 Å². The van der Waals surface area contributed by atoms with Crippen molar-refractivity contribution in [3.63, 3.8) is 0 Å². The van der Waals surface area contributed by atoms with Gasteiger partial charge in [-0.15, -0.1) is 0 Å². The molecule has 19 heavy (non-hydrogen) atoms. The molecule has 3 heteroatoms. The van der Waals surface area contributed by atoms with Crippen molar-refractivity contribution in [1.82, 2.24) is 5.32 Å². The maximum Gasteiger partial charge on any atom is 0.251 e. The number of benzene rings is 1. The number of hydrogen-bond acceptors (Lipinski definition) is 2. The first-order chi connectivity index (χ1) is 9.20. The fraction of sp³-hybridized carbons (Fsp3) is 0.562. The molecule has 2 aliphatic carbocycles. The lowest BCUT2D eigenvalue weighted by molar-refractivity contribution is 0.0951. The van der Waals surface area contributed by atoms with Gasteiger partial charge in [0, 0.05) is 23.3 Å². The molecule has 2 aliphatic rings. The monoisotopic (exact) mass is 258 g/mol. The van der Waals surface area contributed by atoms with E-state index in [2.05, 4.69) is 17.6 Å². The van der Waals surface area contributed by atoms with Crippen LogP contribution in [0, 0.1) is 5.92 Å². The molecule has 1 aromatic carbocycles. The highest BCUT2D eigenvalue weighted by Gasteiger charge is 2.24. The average molecular weight is 258 g/mol. The zero-order valence-corrected chi connectivity index (χ0v) is 11.5. The first-order valence-corrected chi connectivity index (χ1v) is 7.38. The Hall–Kier alpha value is -1.51. The van der Waals surface area contributed by atoms with Crippen LogP contribution >= 0.6 is 0 Å². The van der Waals surface area contributed by atoms with E-state index >= 15 is 0 Å². The highest BCUT2D eigenvalue weighted by atomic mass is 16.1. The third-order valence-electron chi connectivity index (χ3n) is 3.86. The van der Waals surface area contributed by atoms with Crippen LogP contribution in [0.4, 0.5) is 5.69 Å². The van der Waals surface area contributed by atoms with E-state index in [0.29, 0.717) is 12.1 Å². The van der Waals surface area contributed by atoms with Gasteiger partial charge in [-0.1, -0.05) is 12.8 Å². The largest absolute Gasteiger partial charge is 0.383 e. The second-order valence-corrected chi connectivity index (χ2v) is 6.05. The molecule has 1 atom stereocenters. The summed E-state index contributed by atoms with van der Waals surface area (Å²) in [6.07, 6.45) is 6.30. The summed E-state index contributed by atoms with van der Waals surface area (Å²) in [6, 6.07) is 8.76. The standard InChI is InChI=1S/C16H22N2O/c1-11(10-12-2-3-12)17-14-6-4-13(5-7-14)16(19)18-15-8-9-15/h4-7,11-12,15,17H,2-3,8-10H2,1H3,(H,18,19). The summed E-state index contributed by atoms with van der Waals surface area (Å²) in [5, 5.41) is 6.51. The molecular formula is C16H22N2O. The van der Waals surface area contributed by atoms with Gasteiger partial charge in [-0.2, -0.15) is 0 Å². The smallest absolute Gasteiger partial charge is 0.251 e. The molecule has 1 aromatic rings. The number of nitrogens with one attached hydrogen (secondary N) is 2. The third kappa shape index (κ3) is 3.72. The molecule has 2 N–H and O–H groups in total. The molecule has 0 aliphatic heterocycles. The summed E-state index contributed by atoms with van der Waals surface area (Å²) < 4.78 is 0. The average Bonchev–Trinajstić information content (AvgIpc) is 3.26. The van der Waals surface area contributed by atoms with Crippen molar-refractivity contribution < 1.29 is 4.79 Å².